The normalized spacial score (nSPS) is 9.67. The van der Waals surface area contributed by atoms with E-state index in [1.165, 1.54) is 0 Å². The molecule has 1 aromatic heterocycles. The van der Waals surface area contributed by atoms with Crippen molar-refractivity contribution in [2.24, 2.45) is 0 Å². The molecule has 1 rings (SSSR count). The summed E-state index contributed by atoms with van der Waals surface area (Å²) in [6, 6.07) is 1.81. The zero-order valence-corrected chi connectivity index (χ0v) is 6.91. The number of hydrogen-bond donors (Lipinski definition) is 0. The van der Waals surface area contributed by atoms with Crippen LogP contribution in [0.1, 0.15) is 5.56 Å². The van der Waals surface area contributed by atoms with Crippen molar-refractivity contribution in [2.75, 3.05) is 0 Å². The Labute approximate surface area is 67.2 Å². The predicted molar refractivity (Wildman–Crippen MR) is 41.4 cm³/mol. The molecule has 1 nitrogen and oxygen atoms in total. The van der Waals surface area contributed by atoms with Gasteiger partial charge in [0.2, 0.25) is 0 Å². The van der Waals surface area contributed by atoms with Crippen LogP contribution in [0, 0.1) is 6.92 Å². The molecule has 0 unspecified atom stereocenters. The van der Waals surface area contributed by atoms with E-state index in [0.29, 0.717) is 5.15 Å². The molecule has 0 saturated carbocycles. The lowest BCUT2D eigenvalue weighted by molar-refractivity contribution is 1.29. The van der Waals surface area contributed by atoms with Crippen LogP contribution in [0.2, 0.25) is 5.15 Å². The molecule has 3 heteroatoms. The van der Waals surface area contributed by atoms with Crippen molar-refractivity contribution in [1.82, 2.24) is 4.98 Å². The van der Waals surface area contributed by atoms with Gasteiger partial charge < -0.3 is 0 Å². The molecular formula is C6H4BrClN. The van der Waals surface area contributed by atoms with E-state index in [1.54, 1.807) is 6.20 Å². The van der Waals surface area contributed by atoms with Gasteiger partial charge in [0, 0.05) is 10.7 Å². The van der Waals surface area contributed by atoms with E-state index in [1.807, 2.05) is 6.07 Å². The lowest BCUT2D eigenvalue weighted by Crippen LogP contribution is -1.78. The molecule has 0 aromatic carbocycles. The topological polar surface area (TPSA) is 12.9 Å². The van der Waals surface area contributed by atoms with Crippen LogP contribution in [0.15, 0.2) is 16.7 Å². The first-order chi connectivity index (χ1) is 4.20. The average Bonchev–Trinajstić information content (AvgIpc) is 1.80. The summed E-state index contributed by atoms with van der Waals surface area (Å²) in [7, 11) is 0. The average molecular weight is 205 g/mol. The highest BCUT2D eigenvalue weighted by Crippen LogP contribution is 2.15. The second-order valence-electron chi connectivity index (χ2n) is 1.60. The Bertz CT molecular complexity index is 224. The maximum Gasteiger partial charge on any atom is 0.132 e. The van der Waals surface area contributed by atoms with Crippen LogP contribution in [0.3, 0.4) is 0 Å². The smallest absolute Gasteiger partial charge is 0.132 e. The Morgan fingerprint density at radius 2 is 2.33 bits per heavy atom. The highest BCUT2D eigenvalue weighted by atomic mass is 79.9. The van der Waals surface area contributed by atoms with E-state index in [-0.39, 0.29) is 0 Å². The van der Waals surface area contributed by atoms with Gasteiger partial charge in [0.15, 0.2) is 0 Å². The Morgan fingerprint density at radius 3 is 2.78 bits per heavy atom. The van der Waals surface area contributed by atoms with Crippen LogP contribution in [0.5, 0.6) is 0 Å². The fraction of sp³-hybridized carbons (Fsp3) is 0. The fourth-order valence-corrected chi connectivity index (χ4v) is 0.947. The third kappa shape index (κ3) is 1.66. The monoisotopic (exact) mass is 204 g/mol. The summed E-state index contributed by atoms with van der Waals surface area (Å²) >= 11 is 8.82. The summed E-state index contributed by atoms with van der Waals surface area (Å²) in [5.41, 5.74) is 0.742. The molecule has 1 aromatic rings. The standard InChI is InChI=1S/C6H4BrClN/c1-4-2-5(7)3-9-6(4)8/h2-3H,1H2. The third-order valence-corrected chi connectivity index (χ3v) is 1.65. The summed E-state index contributed by atoms with van der Waals surface area (Å²) < 4.78 is 0.900. The van der Waals surface area contributed by atoms with Crippen LogP contribution in [-0.4, -0.2) is 4.98 Å². The van der Waals surface area contributed by atoms with Crippen LogP contribution in [-0.2, 0) is 0 Å². The number of rotatable bonds is 0. The first-order valence-electron chi connectivity index (χ1n) is 2.33. The van der Waals surface area contributed by atoms with E-state index in [9.17, 15) is 0 Å². The summed E-state index contributed by atoms with van der Waals surface area (Å²) in [4.78, 5) is 3.83. The van der Waals surface area contributed by atoms with Crippen LogP contribution in [0.4, 0.5) is 0 Å². The minimum absolute atomic E-state index is 0.457. The van der Waals surface area contributed by atoms with Gasteiger partial charge in [0.25, 0.3) is 0 Å². The van der Waals surface area contributed by atoms with Crippen molar-refractivity contribution in [3.8, 4) is 0 Å². The number of aromatic nitrogens is 1. The molecular weight excluding hydrogens is 201 g/mol. The van der Waals surface area contributed by atoms with Gasteiger partial charge in [0.1, 0.15) is 5.15 Å². The molecule has 1 radical (unpaired) electrons. The Balaban J connectivity index is 3.17. The summed E-state index contributed by atoms with van der Waals surface area (Å²) in [5.74, 6) is 0. The van der Waals surface area contributed by atoms with Crippen molar-refractivity contribution >= 4 is 27.5 Å². The highest BCUT2D eigenvalue weighted by molar-refractivity contribution is 9.10. The number of hydrogen-bond acceptors (Lipinski definition) is 1. The molecule has 0 saturated heterocycles. The van der Waals surface area contributed by atoms with E-state index >= 15 is 0 Å². The SMILES string of the molecule is [CH2]c1cc(Br)cnc1Cl. The Morgan fingerprint density at radius 1 is 1.67 bits per heavy atom. The van der Waals surface area contributed by atoms with Crippen molar-refractivity contribution in [3.63, 3.8) is 0 Å². The first-order valence-corrected chi connectivity index (χ1v) is 3.50. The molecule has 0 bridgehead atoms. The van der Waals surface area contributed by atoms with Gasteiger partial charge in [-0.1, -0.05) is 11.6 Å². The molecule has 0 amide bonds. The minimum Gasteiger partial charge on any atom is -0.243 e. The van der Waals surface area contributed by atoms with Crippen molar-refractivity contribution in [2.45, 2.75) is 0 Å². The molecule has 0 aliphatic heterocycles. The van der Waals surface area contributed by atoms with Crippen LogP contribution < -0.4 is 0 Å². The fourth-order valence-electron chi connectivity index (χ4n) is 0.465. The first kappa shape index (κ1) is 7.03. The van der Waals surface area contributed by atoms with E-state index < -0.39 is 0 Å². The lowest BCUT2D eigenvalue weighted by atomic mass is 10.3. The van der Waals surface area contributed by atoms with Gasteiger partial charge in [-0.2, -0.15) is 0 Å². The van der Waals surface area contributed by atoms with E-state index in [0.717, 1.165) is 10.0 Å². The molecule has 0 atom stereocenters. The molecule has 0 aliphatic rings. The number of nitrogens with zero attached hydrogens (tertiary/aromatic N) is 1. The van der Waals surface area contributed by atoms with E-state index in [4.69, 9.17) is 11.6 Å². The lowest BCUT2D eigenvalue weighted by Gasteiger charge is -1.93. The summed E-state index contributed by atoms with van der Waals surface area (Å²) in [5, 5.41) is 0.457. The van der Waals surface area contributed by atoms with Gasteiger partial charge in [0.05, 0.1) is 0 Å². The van der Waals surface area contributed by atoms with Gasteiger partial charge in [-0.15, -0.1) is 0 Å². The number of pyridine rings is 1. The van der Waals surface area contributed by atoms with Crippen LogP contribution in [0.25, 0.3) is 0 Å². The zero-order chi connectivity index (χ0) is 6.85. The second-order valence-corrected chi connectivity index (χ2v) is 2.88. The molecule has 0 spiro atoms. The molecule has 0 aliphatic carbocycles. The Hall–Kier alpha value is -0.0800. The van der Waals surface area contributed by atoms with E-state index in [2.05, 4.69) is 27.8 Å². The molecule has 0 N–H and O–H groups in total. The predicted octanol–water partition coefficient (Wildman–Crippen LogP) is 2.68. The van der Waals surface area contributed by atoms with Gasteiger partial charge in [-0.3, -0.25) is 0 Å². The third-order valence-electron chi connectivity index (χ3n) is 0.878. The molecule has 0 fully saturated rings. The summed E-state index contributed by atoms with van der Waals surface area (Å²) in [6.45, 7) is 3.66. The summed E-state index contributed by atoms with van der Waals surface area (Å²) in [6.07, 6.45) is 1.64. The Kier molecular flexibility index (Phi) is 2.09. The van der Waals surface area contributed by atoms with Gasteiger partial charge in [-0.25, -0.2) is 4.98 Å². The number of halogens is 2. The van der Waals surface area contributed by atoms with Gasteiger partial charge >= 0.3 is 0 Å². The largest absolute Gasteiger partial charge is 0.243 e. The van der Waals surface area contributed by atoms with Crippen molar-refractivity contribution < 1.29 is 0 Å². The molecule has 47 valence electrons. The maximum absolute atomic E-state index is 5.59. The quantitative estimate of drug-likeness (QED) is 0.594. The maximum atomic E-state index is 5.59. The molecule has 9 heavy (non-hydrogen) atoms. The van der Waals surface area contributed by atoms with Gasteiger partial charge in [-0.05, 0) is 34.5 Å². The van der Waals surface area contributed by atoms with Crippen molar-refractivity contribution in [1.29, 1.82) is 0 Å². The second kappa shape index (κ2) is 2.67. The highest BCUT2D eigenvalue weighted by Gasteiger charge is 1.94. The molecule has 1 heterocycles. The van der Waals surface area contributed by atoms with Crippen LogP contribution >= 0.6 is 27.5 Å². The van der Waals surface area contributed by atoms with Crippen molar-refractivity contribution in [3.05, 3.63) is 34.4 Å². The zero-order valence-electron chi connectivity index (χ0n) is 4.56. The minimum atomic E-state index is 0.457.